The van der Waals surface area contributed by atoms with E-state index in [9.17, 15) is 15.3 Å². The number of fused-ring (bicyclic) bond motifs is 3. The molecule has 3 N–H and O–H groups in total. The molecule has 1 aromatic carbocycles. The van der Waals surface area contributed by atoms with E-state index in [-0.39, 0.29) is 24.0 Å². The van der Waals surface area contributed by atoms with E-state index in [4.69, 9.17) is 0 Å². The van der Waals surface area contributed by atoms with E-state index in [1.54, 1.807) is 6.07 Å². The number of benzene rings is 1. The van der Waals surface area contributed by atoms with E-state index in [2.05, 4.69) is 12.1 Å². The van der Waals surface area contributed by atoms with Gasteiger partial charge < -0.3 is 15.3 Å². The van der Waals surface area contributed by atoms with Gasteiger partial charge >= 0.3 is 0 Å². The molecule has 2 fully saturated rings. The lowest BCUT2D eigenvalue weighted by molar-refractivity contribution is 0.120. The van der Waals surface area contributed by atoms with Gasteiger partial charge in [0.05, 0.1) is 12.2 Å². The number of phenolic OH excluding ortho intramolecular Hbond substituents is 1. The number of aliphatic hydroxyl groups is 2. The first-order valence-corrected chi connectivity index (χ1v) is 9.50. The maximum atomic E-state index is 10.5. The predicted molar refractivity (Wildman–Crippen MR) is 93.9 cm³/mol. The lowest BCUT2D eigenvalue weighted by Crippen LogP contribution is -2.22. The van der Waals surface area contributed by atoms with E-state index in [0.717, 1.165) is 24.8 Å². The molecule has 3 aliphatic carbocycles. The normalized spacial score (nSPS) is 34.4. The van der Waals surface area contributed by atoms with Gasteiger partial charge in [0.15, 0.2) is 0 Å². The van der Waals surface area contributed by atoms with Gasteiger partial charge in [0.1, 0.15) is 5.75 Å². The molecule has 0 bridgehead atoms. The Balaban J connectivity index is 1.49. The Morgan fingerprint density at radius 2 is 1.92 bits per heavy atom. The maximum absolute atomic E-state index is 10.5. The Morgan fingerprint density at radius 1 is 1.12 bits per heavy atom. The van der Waals surface area contributed by atoms with Crippen LogP contribution in [-0.2, 0) is 6.42 Å². The van der Waals surface area contributed by atoms with Gasteiger partial charge in [-0.15, -0.1) is 0 Å². The predicted octanol–water partition coefficient (Wildman–Crippen LogP) is 3.53. The number of aliphatic hydroxyl groups excluding tert-OH is 2. The van der Waals surface area contributed by atoms with Crippen LogP contribution < -0.4 is 0 Å². The Labute approximate surface area is 144 Å². The summed E-state index contributed by atoms with van der Waals surface area (Å²) in [7, 11) is 0. The lowest BCUT2D eigenvalue weighted by Gasteiger charge is -2.25. The lowest BCUT2D eigenvalue weighted by atomic mass is 9.84. The molecule has 5 atom stereocenters. The Bertz CT molecular complexity index is 618. The van der Waals surface area contributed by atoms with E-state index < -0.39 is 0 Å². The average molecular weight is 328 g/mol. The fourth-order valence-electron chi connectivity index (χ4n) is 5.36. The molecular weight excluding hydrogens is 300 g/mol. The summed E-state index contributed by atoms with van der Waals surface area (Å²) >= 11 is 0. The summed E-state index contributed by atoms with van der Waals surface area (Å²) in [5.74, 6) is 1.43. The van der Waals surface area contributed by atoms with Gasteiger partial charge in [-0.2, -0.15) is 0 Å². The first-order chi connectivity index (χ1) is 11.6. The molecule has 0 aromatic heterocycles. The fourth-order valence-corrected chi connectivity index (χ4v) is 5.36. The summed E-state index contributed by atoms with van der Waals surface area (Å²) in [6.07, 6.45) is 10.8. The molecule has 4 rings (SSSR count). The van der Waals surface area contributed by atoms with Crippen LogP contribution in [0.25, 0.3) is 0 Å². The second kappa shape index (κ2) is 6.53. The number of hydrogen-bond acceptors (Lipinski definition) is 3. The van der Waals surface area contributed by atoms with Crippen molar-refractivity contribution >= 4 is 0 Å². The SMILES string of the molecule is Oc1cccc2c1[C@H]1C[C@@H](O)[C@@H](/C=C\C(O)C3CCCCC3)[C@H]1C2. The van der Waals surface area contributed by atoms with Crippen molar-refractivity contribution in [2.45, 2.75) is 63.1 Å². The molecule has 3 nitrogen and oxygen atoms in total. The van der Waals surface area contributed by atoms with Crippen molar-refractivity contribution in [1.82, 2.24) is 0 Å². The first-order valence-electron chi connectivity index (χ1n) is 9.50. The Morgan fingerprint density at radius 3 is 2.71 bits per heavy atom. The molecule has 24 heavy (non-hydrogen) atoms. The maximum Gasteiger partial charge on any atom is 0.119 e. The van der Waals surface area contributed by atoms with Gasteiger partial charge in [-0.3, -0.25) is 0 Å². The van der Waals surface area contributed by atoms with Crippen molar-refractivity contribution in [3.05, 3.63) is 41.5 Å². The summed E-state index contributed by atoms with van der Waals surface area (Å²) in [4.78, 5) is 0. The highest BCUT2D eigenvalue weighted by Crippen LogP contribution is 2.54. The van der Waals surface area contributed by atoms with Crippen LogP contribution >= 0.6 is 0 Å². The van der Waals surface area contributed by atoms with Crippen molar-refractivity contribution < 1.29 is 15.3 Å². The van der Waals surface area contributed by atoms with E-state index in [1.807, 2.05) is 12.1 Å². The van der Waals surface area contributed by atoms with Crippen LogP contribution in [0.5, 0.6) is 5.75 Å². The largest absolute Gasteiger partial charge is 0.508 e. The number of phenols is 1. The number of rotatable bonds is 3. The molecule has 0 radical (unpaired) electrons. The van der Waals surface area contributed by atoms with Gasteiger partial charge in [-0.25, -0.2) is 0 Å². The highest BCUT2D eigenvalue weighted by molar-refractivity contribution is 5.47. The molecule has 0 amide bonds. The van der Waals surface area contributed by atoms with Crippen molar-refractivity contribution in [2.75, 3.05) is 0 Å². The zero-order valence-electron chi connectivity index (χ0n) is 14.1. The fraction of sp³-hybridized carbons (Fsp3) is 0.619. The van der Waals surface area contributed by atoms with E-state index >= 15 is 0 Å². The number of aromatic hydroxyl groups is 1. The van der Waals surface area contributed by atoms with Crippen LogP contribution in [0.4, 0.5) is 0 Å². The summed E-state index contributed by atoms with van der Waals surface area (Å²) in [5, 5.41) is 31.2. The quantitative estimate of drug-likeness (QED) is 0.744. The first kappa shape index (κ1) is 16.2. The molecule has 3 heteroatoms. The zero-order chi connectivity index (χ0) is 16.7. The van der Waals surface area contributed by atoms with Gasteiger partial charge in [0, 0.05) is 11.5 Å². The minimum absolute atomic E-state index is 0.0834. The molecule has 0 spiro atoms. The van der Waals surface area contributed by atoms with Crippen LogP contribution in [0.15, 0.2) is 30.4 Å². The van der Waals surface area contributed by atoms with Gasteiger partial charge in [0.25, 0.3) is 0 Å². The second-order valence-corrected chi connectivity index (χ2v) is 7.98. The van der Waals surface area contributed by atoms with Gasteiger partial charge in [-0.1, -0.05) is 43.5 Å². The van der Waals surface area contributed by atoms with Crippen molar-refractivity contribution in [3.63, 3.8) is 0 Å². The van der Waals surface area contributed by atoms with Crippen molar-refractivity contribution in [3.8, 4) is 5.75 Å². The third-order valence-corrected chi connectivity index (χ3v) is 6.61. The summed E-state index contributed by atoms with van der Waals surface area (Å²) in [6.45, 7) is 0. The van der Waals surface area contributed by atoms with Crippen molar-refractivity contribution in [1.29, 1.82) is 0 Å². The molecule has 3 aliphatic rings. The molecule has 130 valence electrons. The Kier molecular flexibility index (Phi) is 4.40. The molecule has 2 saturated carbocycles. The van der Waals surface area contributed by atoms with Crippen LogP contribution in [0.2, 0.25) is 0 Å². The topological polar surface area (TPSA) is 60.7 Å². The van der Waals surface area contributed by atoms with E-state index in [0.29, 0.717) is 24.0 Å². The Hall–Kier alpha value is -1.32. The summed E-state index contributed by atoms with van der Waals surface area (Å²) in [6, 6.07) is 5.75. The highest BCUT2D eigenvalue weighted by atomic mass is 16.3. The van der Waals surface area contributed by atoms with Crippen molar-refractivity contribution in [2.24, 2.45) is 17.8 Å². The standard InChI is InChI=1S/C21H28O3/c22-18(13-5-2-1-3-6-13)10-9-15-16-11-14-7-4-8-19(23)21(14)17(16)12-20(15)24/h4,7-10,13,15-18,20,22-24H,1-3,5-6,11-12H2/b10-9-/t15-,16+,17-,18?,20+/m0/s1. The molecule has 0 heterocycles. The highest BCUT2D eigenvalue weighted by Gasteiger charge is 2.47. The van der Waals surface area contributed by atoms with Crippen LogP contribution in [0.3, 0.4) is 0 Å². The molecule has 0 saturated heterocycles. The molecule has 0 aliphatic heterocycles. The minimum Gasteiger partial charge on any atom is -0.508 e. The smallest absolute Gasteiger partial charge is 0.119 e. The number of hydrogen-bond donors (Lipinski definition) is 3. The van der Waals surface area contributed by atoms with Crippen LogP contribution in [0, 0.1) is 17.8 Å². The monoisotopic (exact) mass is 328 g/mol. The van der Waals surface area contributed by atoms with E-state index in [1.165, 1.54) is 24.8 Å². The minimum atomic E-state index is -0.381. The van der Waals surface area contributed by atoms with Crippen LogP contribution in [0.1, 0.15) is 55.6 Å². The molecular formula is C21H28O3. The zero-order valence-corrected chi connectivity index (χ0v) is 14.1. The molecule has 1 aromatic rings. The average Bonchev–Trinajstić information content (AvgIpc) is 3.09. The van der Waals surface area contributed by atoms with Gasteiger partial charge in [0.2, 0.25) is 0 Å². The van der Waals surface area contributed by atoms with Gasteiger partial charge in [-0.05, 0) is 55.1 Å². The van der Waals surface area contributed by atoms with Crippen LogP contribution in [-0.4, -0.2) is 27.5 Å². The third kappa shape index (κ3) is 2.78. The summed E-state index contributed by atoms with van der Waals surface area (Å²) < 4.78 is 0. The summed E-state index contributed by atoms with van der Waals surface area (Å²) in [5.41, 5.74) is 2.27. The molecule has 1 unspecified atom stereocenters. The second-order valence-electron chi connectivity index (χ2n) is 7.98. The third-order valence-electron chi connectivity index (χ3n) is 6.61.